The number of piperazine rings is 1. The number of hydrogen-bond acceptors (Lipinski definition) is 6. The average Bonchev–Trinajstić information content (AvgIpc) is 3.14. The molecule has 1 aromatic carbocycles. The van der Waals surface area contributed by atoms with Crippen molar-refractivity contribution in [1.29, 1.82) is 0 Å². The maximum Gasteiger partial charge on any atom is 0.573 e. The van der Waals surface area contributed by atoms with Crippen molar-refractivity contribution in [3.8, 4) is 22.7 Å². The third-order valence-electron chi connectivity index (χ3n) is 5.41. The number of aromatic amines is 1. The van der Waals surface area contributed by atoms with E-state index < -0.39 is 6.36 Å². The first-order valence-electron chi connectivity index (χ1n) is 10.2. The predicted octanol–water partition coefficient (Wildman–Crippen LogP) is 2.97. The molecule has 0 saturated carbocycles. The van der Waals surface area contributed by atoms with Crippen molar-refractivity contribution in [2.75, 3.05) is 37.6 Å². The molecule has 4 rings (SSSR count). The number of aromatic nitrogens is 4. The fourth-order valence-corrected chi connectivity index (χ4v) is 3.66. The minimum Gasteiger partial charge on any atom is -0.406 e. The monoisotopic (exact) mass is 448 g/mol. The summed E-state index contributed by atoms with van der Waals surface area (Å²) in [5, 5.41) is 2.98. The molecule has 11 heteroatoms. The molecule has 1 fully saturated rings. The number of H-pyrrole nitrogens is 1. The summed E-state index contributed by atoms with van der Waals surface area (Å²) in [6.45, 7) is 8.65. The smallest absolute Gasteiger partial charge is 0.406 e. The summed E-state index contributed by atoms with van der Waals surface area (Å²) in [5.74, 6) is 0.296. The highest BCUT2D eigenvalue weighted by molar-refractivity contribution is 5.61. The number of alkyl halides is 3. The average molecular weight is 448 g/mol. The van der Waals surface area contributed by atoms with Crippen LogP contribution in [-0.2, 0) is 0 Å². The summed E-state index contributed by atoms with van der Waals surface area (Å²) in [6.07, 6.45) is -3.09. The minimum atomic E-state index is -4.77. The number of nitrogens with zero attached hydrogens (tertiary/aromatic N) is 5. The van der Waals surface area contributed by atoms with Crippen LogP contribution in [-0.4, -0.2) is 63.7 Å². The van der Waals surface area contributed by atoms with Crippen molar-refractivity contribution in [2.24, 2.45) is 0 Å². The first-order chi connectivity index (χ1) is 15.2. The van der Waals surface area contributed by atoms with Crippen molar-refractivity contribution < 1.29 is 17.9 Å². The van der Waals surface area contributed by atoms with Crippen LogP contribution in [0.15, 0.2) is 41.3 Å². The zero-order valence-electron chi connectivity index (χ0n) is 17.7. The lowest BCUT2D eigenvalue weighted by atomic mass is 10.2. The van der Waals surface area contributed by atoms with Crippen molar-refractivity contribution in [3.63, 3.8) is 0 Å². The van der Waals surface area contributed by atoms with E-state index in [0.29, 0.717) is 22.9 Å². The van der Waals surface area contributed by atoms with E-state index in [0.717, 1.165) is 50.6 Å². The highest BCUT2D eigenvalue weighted by atomic mass is 19.4. The quantitative estimate of drug-likeness (QED) is 0.647. The highest BCUT2D eigenvalue weighted by Crippen LogP contribution is 2.25. The van der Waals surface area contributed by atoms with E-state index in [1.807, 2.05) is 6.92 Å². The predicted molar refractivity (Wildman–Crippen MR) is 113 cm³/mol. The number of benzene rings is 1. The molecule has 1 saturated heterocycles. The standard InChI is InChI=1S/C21H23F3N6O2/c1-3-28-8-10-29(11-9-28)20-25-13-17(14(2)26-20)18-12-19(31)30(27-18)15-4-6-16(7-5-15)32-21(22,23)24/h4-7,12-13,27H,3,8-11H2,1-2H3. The van der Waals surface area contributed by atoms with Crippen molar-refractivity contribution in [2.45, 2.75) is 20.2 Å². The summed E-state index contributed by atoms with van der Waals surface area (Å²) in [6, 6.07) is 6.44. The molecule has 3 aromatic rings. The van der Waals surface area contributed by atoms with Gasteiger partial charge in [-0.1, -0.05) is 6.92 Å². The molecule has 32 heavy (non-hydrogen) atoms. The van der Waals surface area contributed by atoms with Crippen LogP contribution in [0.1, 0.15) is 12.6 Å². The maximum absolute atomic E-state index is 12.5. The van der Waals surface area contributed by atoms with Gasteiger partial charge in [-0.05, 0) is 37.7 Å². The van der Waals surface area contributed by atoms with Crippen LogP contribution in [0.3, 0.4) is 0 Å². The summed E-state index contributed by atoms with van der Waals surface area (Å²) >= 11 is 0. The number of hydrogen-bond donors (Lipinski definition) is 1. The van der Waals surface area contributed by atoms with Crippen LogP contribution in [0.5, 0.6) is 5.75 Å². The number of nitrogens with one attached hydrogen (secondary N) is 1. The zero-order chi connectivity index (χ0) is 22.9. The first kappa shape index (κ1) is 21.9. The molecule has 8 nitrogen and oxygen atoms in total. The van der Waals surface area contributed by atoms with Gasteiger partial charge in [-0.15, -0.1) is 13.2 Å². The molecule has 0 amide bonds. The molecule has 0 bridgehead atoms. The lowest BCUT2D eigenvalue weighted by Gasteiger charge is -2.34. The summed E-state index contributed by atoms with van der Waals surface area (Å²) in [5.41, 5.74) is 1.93. The molecule has 1 aliphatic rings. The van der Waals surface area contributed by atoms with E-state index in [1.165, 1.54) is 22.9 Å². The van der Waals surface area contributed by atoms with Crippen molar-refractivity contribution in [1.82, 2.24) is 24.6 Å². The van der Waals surface area contributed by atoms with Gasteiger partial charge in [-0.2, -0.15) is 0 Å². The fraction of sp³-hybridized carbons (Fsp3) is 0.381. The van der Waals surface area contributed by atoms with Gasteiger partial charge in [0.25, 0.3) is 5.56 Å². The Morgan fingerprint density at radius 1 is 1.12 bits per heavy atom. The Kier molecular flexibility index (Phi) is 5.92. The summed E-state index contributed by atoms with van der Waals surface area (Å²) in [7, 11) is 0. The Balaban J connectivity index is 1.54. The van der Waals surface area contributed by atoms with Gasteiger partial charge in [0.2, 0.25) is 5.95 Å². The number of rotatable bonds is 5. The molecule has 0 atom stereocenters. The summed E-state index contributed by atoms with van der Waals surface area (Å²) < 4.78 is 42.1. The Hall–Kier alpha value is -3.34. The largest absolute Gasteiger partial charge is 0.573 e. The van der Waals surface area contributed by atoms with Crippen LogP contribution >= 0.6 is 0 Å². The second-order valence-corrected chi connectivity index (χ2v) is 7.48. The number of likely N-dealkylation sites (N-methyl/N-ethyl adjacent to an activating group) is 1. The van der Waals surface area contributed by atoms with Crippen LogP contribution in [0.4, 0.5) is 19.1 Å². The molecule has 1 aliphatic heterocycles. The molecular weight excluding hydrogens is 425 g/mol. The number of halogens is 3. The van der Waals surface area contributed by atoms with Gasteiger partial charge in [0.15, 0.2) is 0 Å². The van der Waals surface area contributed by atoms with Gasteiger partial charge in [0.05, 0.1) is 17.1 Å². The van der Waals surface area contributed by atoms with Crippen molar-refractivity contribution >= 4 is 5.95 Å². The van der Waals surface area contributed by atoms with Crippen LogP contribution in [0, 0.1) is 6.92 Å². The normalized spacial score (nSPS) is 15.2. The lowest BCUT2D eigenvalue weighted by Crippen LogP contribution is -2.46. The van der Waals surface area contributed by atoms with E-state index in [-0.39, 0.29) is 11.3 Å². The SMILES string of the molecule is CCN1CCN(c2ncc(-c3cc(=O)n(-c4ccc(OC(F)(F)F)cc4)[nH]3)c(C)n2)CC1. The molecule has 0 unspecified atom stereocenters. The minimum absolute atomic E-state index is 0.358. The van der Waals surface area contributed by atoms with Gasteiger partial charge < -0.3 is 14.5 Å². The summed E-state index contributed by atoms with van der Waals surface area (Å²) in [4.78, 5) is 26.1. The third-order valence-corrected chi connectivity index (χ3v) is 5.41. The maximum atomic E-state index is 12.5. The van der Waals surface area contributed by atoms with Crippen LogP contribution < -0.4 is 15.2 Å². The number of ether oxygens (including phenoxy) is 1. The first-order valence-corrected chi connectivity index (χ1v) is 10.2. The Labute approximate surface area is 182 Å². The second-order valence-electron chi connectivity index (χ2n) is 7.48. The van der Waals surface area contributed by atoms with E-state index >= 15 is 0 Å². The van der Waals surface area contributed by atoms with Gasteiger partial charge in [-0.25, -0.2) is 14.6 Å². The molecule has 3 heterocycles. The molecule has 0 radical (unpaired) electrons. The van der Waals surface area contributed by atoms with E-state index in [1.54, 1.807) is 6.20 Å². The molecule has 0 aliphatic carbocycles. The second kappa shape index (κ2) is 8.65. The van der Waals surface area contributed by atoms with Gasteiger partial charge in [-0.3, -0.25) is 9.89 Å². The van der Waals surface area contributed by atoms with Gasteiger partial charge in [0, 0.05) is 44.0 Å². The molecule has 2 aromatic heterocycles. The van der Waals surface area contributed by atoms with E-state index in [4.69, 9.17) is 0 Å². The van der Waals surface area contributed by atoms with Crippen LogP contribution in [0.25, 0.3) is 16.9 Å². The van der Waals surface area contributed by atoms with Gasteiger partial charge >= 0.3 is 6.36 Å². The number of anilines is 1. The Bertz CT molecular complexity index is 1130. The topological polar surface area (TPSA) is 79.3 Å². The van der Waals surface area contributed by atoms with Crippen LogP contribution in [0.2, 0.25) is 0 Å². The molecule has 1 N–H and O–H groups in total. The molecular formula is C21H23F3N6O2. The molecule has 170 valence electrons. The van der Waals surface area contributed by atoms with E-state index in [9.17, 15) is 18.0 Å². The Morgan fingerprint density at radius 2 is 1.81 bits per heavy atom. The third kappa shape index (κ3) is 4.77. The van der Waals surface area contributed by atoms with Gasteiger partial charge in [0.1, 0.15) is 5.75 Å². The Morgan fingerprint density at radius 3 is 2.41 bits per heavy atom. The lowest BCUT2D eigenvalue weighted by molar-refractivity contribution is -0.274. The fourth-order valence-electron chi connectivity index (χ4n) is 3.66. The molecule has 0 spiro atoms. The zero-order valence-corrected chi connectivity index (χ0v) is 17.7. The highest BCUT2D eigenvalue weighted by Gasteiger charge is 2.31. The number of aryl methyl sites for hydroxylation is 1. The van der Waals surface area contributed by atoms with E-state index in [2.05, 4.69) is 36.5 Å². The van der Waals surface area contributed by atoms with Crippen molar-refractivity contribution in [3.05, 3.63) is 52.6 Å².